The minimum Gasteiger partial charge on any atom is -0.385 e. The third-order valence-corrected chi connectivity index (χ3v) is 3.24. The van der Waals surface area contributed by atoms with Gasteiger partial charge in [0.2, 0.25) is 0 Å². The molecule has 0 unspecified atom stereocenters. The van der Waals surface area contributed by atoms with E-state index in [0.717, 1.165) is 44.0 Å². The summed E-state index contributed by atoms with van der Waals surface area (Å²) in [5.41, 5.74) is 2.45. The third kappa shape index (κ3) is 5.34. The van der Waals surface area contributed by atoms with E-state index in [1.807, 2.05) is 38.9 Å². The third-order valence-electron chi connectivity index (χ3n) is 3.24. The average Bonchev–Trinajstić information content (AvgIpc) is 2.43. The molecular formula is C16H28N4O. The lowest BCUT2D eigenvalue weighted by molar-refractivity contribution is 0.0745. The molecule has 1 heterocycles. The molecule has 1 aromatic rings. The van der Waals surface area contributed by atoms with Gasteiger partial charge in [0, 0.05) is 38.1 Å². The number of carbonyl (C=O) groups excluding carboxylic acids is 1. The number of nitrogens with one attached hydrogen (secondary N) is 1. The minimum absolute atomic E-state index is 0.0575. The maximum absolute atomic E-state index is 12.8. The number of hydrogen-bond acceptors (Lipinski definition) is 4. The number of likely N-dealkylation sites (N-methyl/N-ethyl adjacent to an activating group) is 1. The molecule has 0 saturated carbocycles. The summed E-state index contributed by atoms with van der Waals surface area (Å²) in [7, 11) is 4.04. The number of rotatable bonds is 8. The molecule has 0 radical (unpaired) electrons. The number of anilines is 1. The number of aryl methyl sites for hydroxylation is 1. The second-order valence-corrected chi connectivity index (χ2v) is 5.50. The van der Waals surface area contributed by atoms with Gasteiger partial charge in [-0.2, -0.15) is 0 Å². The van der Waals surface area contributed by atoms with Gasteiger partial charge in [0.15, 0.2) is 0 Å². The van der Waals surface area contributed by atoms with E-state index in [9.17, 15) is 4.79 Å². The second-order valence-electron chi connectivity index (χ2n) is 5.50. The summed E-state index contributed by atoms with van der Waals surface area (Å²) in [5, 5.41) is 3.26. The fourth-order valence-corrected chi connectivity index (χ4v) is 2.14. The SMILES string of the molecule is CCCN(CCN(C)C)C(=O)c1cnc(C)cc1NCC. The molecule has 5 nitrogen and oxygen atoms in total. The van der Waals surface area contributed by atoms with Crippen molar-refractivity contribution in [2.45, 2.75) is 27.2 Å². The molecule has 0 spiro atoms. The molecule has 0 fully saturated rings. The number of amides is 1. The molecule has 21 heavy (non-hydrogen) atoms. The van der Waals surface area contributed by atoms with Crippen LogP contribution in [0.15, 0.2) is 12.3 Å². The highest BCUT2D eigenvalue weighted by atomic mass is 16.2. The van der Waals surface area contributed by atoms with Crippen molar-refractivity contribution in [3.05, 3.63) is 23.5 Å². The van der Waals surface area contributed by atoms with E-state index in [1.54, 1.807) is 6.20 Å². The molecule has 5 heteroatoms. The molecule has 118 valence electrons. The molecule has 0 aromatic carbocycles. The predicted octanol–water partition coefficient (Wildman–Crippen LogP) is 2.24. The van der Waals surface area contributed by atoms with Gasteiger partial charge < -0.3 is 15.1 Å². The van der Waals surface area contributed by atoms with Crippen LogP contribution in [0, 0.1) is 6.92 Å². The lowest BCUT2D eigenvalue weighted by atomic mass is 10.1. The second kappa shape index (κ2) is 8.62. The number of carbonyl (C=O) groups is 1. The van der Waals surface area contributed by atoms with Crippen molar-refractivity contribution in [2.75, 3.05) is 45.6 Å². The van der Waals surface area contributed by atoms with Gasteiger partial charge in [-0.05, 0) is 40.4 Å². The first-order valence-electron chi connectivity index (χ1n) is 7.64. The van der Waals surface area contributed by atoms with Crippen LogP contribution in [0.2, 0.25) is 0 Å². The van der Waals surface area contributed by atoms with E-state index >= 15 is 0 Å². The first-order valence-corrected chi connectivity index (χ1v) is 7.64. The Kier molecular flexibility index (Phi) is 7.15. The monoisotopic (exact) mass is 292 g/mol. The van der Waals surface area contributed by atoms with Crippen molar-refractivity contribution in [3.8, 4) is 0 Å². The van der Waals surface area contributed by atoms with E-state index in [1.165, 1.54) is 0 Å². The Labute approximate surface area is 128 Å². The maximum Gasteiger partial charge on any atom is 0.257 e. The first-order chi connectivity index (χ1) is 9.99. The van der Waals surface area contributed by atoms with Gasteiger partial charge in [0.1, 0.15) is 0 Å². The zero-order valence-electron chi connectivity index (χ0n) is 13.9. The summed E-state index contributed by atoms with van der Waals surface area (Å²) >= 11 is 0. The van der Waals surface area contributed by atoms with Gasteiger partial charge >= 0.3 is 0 Å². The summed E-state index contributed by atoms with van der Waals surface area (Å²) in [4.78, 5) is 21.1. The molecule has 0 saturated heterocycles. The summed E-state index contributed by atoms with van der Waals surface area (Å²) in [5.74, 6) is 0.0575. The zero-order valence-corrected chi connectivity index (χ0v) is 13.9. The quantitative estimate of drug-likeness (QED) is 0.798. The molecule has 0 aliphatic carbocycles. The molecule has 0 atom stereocenters. The summed E-state index contributed by atoms with van der Waals surface area (Å²) in [6, 6.07) is 1.94. The zero-order chi connectivity index (χ0) is 15.8. The van der Waals surface area contributed by atoms with Crippen molar-refractivity contribution in [2.24, 2.45) is 0 Å². The van der Waals surface area contributed by atoms with Crippen molar-refractivity contribution in [1.29, 1.82) is 0 Å². The van der Waals surface area contributed by atoms with Crippen LogP contribution in [0.25, 0.3) is 0 Å². The Bertz CT molecular complexity index is 460. The number of aromatic nitrogens is 1. The standard InChI is InChI=1S/C16H28N4O/c1-6-8-20(10-9-19(4)5)16(21)14-12-18-13(3)11-15(14)17-7-2/h11-12H,6-10H2,1-5H3,(H,17,18). The normalized spacial score (nSPS) is 10.8. The van der Waals surface area contributed by atoms with Crippen LogP contribution in [0.3, 0.4) is 0 Å². The molecule has 1 rings (SSSR count). The van der Waals surface area contributed by atoms with E-state index in [0.29, 0.717) is 5.56 Å². The lowest BCUT2D eigenvalue weighted by Gasteiger charge is -2.25. The fourth-order valence-electron chi connectivity index (χ4n) is 2.14. The summed E-state index contributed by atoms with van der Waals surface area (Å²) in [6.45, 7) is 9.21. The number of pyridine rings is 1. The van der Waals surface area contributed by atoms with Gasteiger partial charge in [-0.25, -0.2) is 0 Å². The van der Waals surface area contributed by atoms with Crippen molar-refractivity contribution in [1.82, 2.24) is 14.8 Å². The van der Waals surface area contributed by atoms with Gasteiger partial charge in [0.05, 0.1) is 11.3 Å². The minimum atomic E-state index is 0.0575. The van der Waals surface area contributed by atoms with Gasteiger partial charge in [-0.1, -0.05) is 6.92 Å². The molecule has 0 bridgehead atoms. The van der Waals surface area contributed by atoms with Crippen LogP contribution in [-0.2, 0) is 0 Å². The molecule has 0 aliphatic heterocycles. The van der Waals surface area contributed by atoms with Crippen LogP contribution >= 0.6 is 0 Å². The van der Waals surface area contributed by atoms with Gasteiger partial charge in [-0.3, -0.25) is 9.78 Å². The number of nitrogens with zero attached hydrogens (tertiary/aromatic N) is 3. The Hall–Kier alpha value is -1.62. The van der Waals surface area contributed by atoms with Crippen molar-refractivity contribution in [3.63, 3.8) is 0 Å². The van der Waals surface area contributed by atoms with Crippen LogP contribution in [-0.4, -0.2) is 61.0 Å². The van der Waals surface area contributed by atoms with E-state index < -0.39 is 0 Å². The highest BCUT2D eigenvalue weighted by Gasteiger charge is 2.19. The van der Waals surface area contributed by atoms with Crippen LogP contribution < -0.4 is 5.32 Å². The largest absolute Gasteiger partial charge is 0.385 e. The topological polar surface area (TPSA) is 48.5 Å². The summed E-state index contributed by atoms with van der Waals surface area (Å²) in [6.07, 6.45) is 2.64. The highest BCUT2D eigenvalue weighted by Crippen LogP contribution is 2.18. The highest BCUT2D eigenvalue weighted by molar-refractivity contribution is 5.99. The average molecular weight is 292 g/mol. The van der Waals surface area contributed by atoms with E-state index in [4.69, 9.17) is 0 Å². The fraction of sp³-hybridized carbons (Fsp3) is 0.625. The Morgan fingerprint density at radius 2 is 1.95 bits per heavy atom. The van der Waals surface area contributed by atoms with E-state index in [2.05, 4.69) is 22.1 Å². The molecule has 1 aromatic heterocycles. The lowest BCUT2D eigenvalue weighted by Crippen LogP contribution is -2.37. The molecule has 1 N–H and O–H groups in total. The molecular weight excluding hydrogens is 264 g/mol. The number of hydrogen-bond donors (Lipinski definition) is 1. The van der Waals surface area contributed by atoms with Crippen molar-refractivity contribution < 1.29 is 4.79 Å². The maximum atomic E-state index is 12.8. The van der Waals surface area contributed by atoms with E-state index in [-0.39, 0.29) is 5.91 Å². The smallest absolute Gasteiger partial charge is 0.257 e. The molecule has 1 amide bonds. The Morgan fingerprint density at radius 1 is 1.24 bits per heavy atom. The Balaban J connectivity index is 2.96. The van der Waals surface area contributed by atoms with Gasteiger partial charge in [0.25, 0.3) is 5.91 Å². The first kappa shape index (κ1) is 17.4. The van der Waals surface area contributed by atoms with Crippen molar-refractivity contribution >= 4 is 11.6 Å². The summed E-state index contributed by atoms with van der Waals surface area (Å²) < 4.78 is 0. The predicted molar refractivity (Wildman–Crippen MR) is 87.9 cm³/mol. The Morgan fingerprint density at radius 3 is 2.52 bits per heavy atom. The van der Waals surface area contributed by atoms with Crippen LogP contribution in [0.4, 0.5) is 5.69 Å². The van der Waals surface area contributed by atoms with Crippen LogP contribution in [0.5, 0.6) is 0 Å². The van der Waals surface area contributed by atoms with Crippen LogP contribution in [0.1, 0.15) is 36.3 Å². The molecule has 0 aliphatic rings. The van der Waals surface area contributed by atoms with Gasteiger partial charge in [-0.15, -0.1) is 0 Å².